The molecule has 106 valence electrons. The molecule has 0 saturated heterocycles. The van der Waals surface area contributed by atoms with Crippen LogP contribution in [0.3, 0.4) is 0 Å². The van der Waals surface area contributed by atoms with Crippen LogP contribution in [0.1, 0.15) is 34.5 Å². The minimum atomic E-state index is -0.312. The van der Waals surface area contributed by atoms with Gasteiger partial charge >= 0.3 is 5.97 Å². The average molecular weight is 273 g/mol. The Hall–Kier alpha value is -2.14. The Bertz CT molecular complexity index is 575. The summed E-state index contributed by atoms with van der Waals surface area (Å²) in [5.74, 6) is -0.312. The summed E-state index contributed by atoms with van der Waals surface area (Å²) in [4.78, 5) is 11.3. The van der Waals surface area contributed by atoms with E-state index in [1.165, 1.54) is 7.11 Å². The lowest BCUT2D eigenvalue weighted by molar-refractivity contribution is 0.0600. The molecule has 1 atom stereocenters. The second kappa shape index (κ2) is 6.34. The number of hydrogen-bond donors (Lipinski definition) is 1. The van der Waals surface area contributed by atoms with Crippen LogP contribution < -0.4 is 5.32 Å². The highest BCUT2D eigenvalue weighted by molar-refractivity contribution is 5.89. The lowest BCUT2D eigenvalue weighted by Gasteiger charge is -2.12. The summed E-state index contributed by atoms with van der Waals surface area (Å²) in [7, 11) is 3.29. The third-order valence-corrected chi connectivity index (χ3v) is 3.21. The van der Waals surface area contributed by atoms with Crippen molar-refractivity contribution in [2.24, 2.45) is 7.05 Å². The van der Waals surface area contributed by atoms with Crippen molar-refractivity contribution >= 4 is 5.97 Å². The van der Waals surface area contributed by atoms with Crippen molar-refractivity contribution in [1.82, 2.24) is 15.1 Å². The first kappa shape index (κ1) is 14.3. The number of benzene rings is 1. The highest BCUT2D eigenvalue weighted by atomic mass is 16.5. The maximum atomic E-state index is 11.3. The van der Waals surface area contributed by atoms with E-state index in [4.69, 9.17) is 0 Å². The zero-order chi connectivity index (χ0) is 14.5. The Labute approximate surface area is 118 Å². The smallest absolute Gasteiger partial charge is 0.337 e. The molecule has 1 heterocycles. The molecular weight excluding hydrogens is 254 g/mol. The summed E-state index contributed by atoms with van der Waals surface area (Å²) in [6.07, 6.45) is 3.86. The van der Waals surface area contributed by atoms with E-state index in [1.54, 1.807) is 16.8 Å². The fourth-order valence-electron chi connectivity index (χ4n) is 1.93. The van der Waals surface area contributed by atoms with Gasteiger partial charge in [-0.25, -0.2) is 4.79 Å². The van der Waals surface area contributed by atoms with E-state index in [-0.39, 0.29) is 12.0 Å². The predicted octanol–water partition coefficient (Wildman–Crippen LogP) is 2.06. The third kappa shape index (κ3) is 3.45. The number of nitrogens with one attached hydrogen (secondary N) is 1. The molecule has 0 amide bonds. The quantitative estimate of drug-likeness (QED) is 0.847. The zero-order valence-corrected chi connectivity index (χ0v) is 12.0. The Morgan fingerprint density at radius 3 is 2.65 bits per heavy atom. The molecule has 0 aliphatic rings. The summed E-state index contributed by atoms with van der Waals surface area (Å²) >= 11 is 0. The van der Waals surface area contributed by atoms with Crippen molar-refractivity contribution < 1.29 is 9.53 Å². The predicted molar refractivity (Wildman–Crippen MR) is 76.2 cm³/mol. The van der Waals surface area contributed by atoms with Crippen LogP contribution in [0.4, 0.5) is 0 Å². The molecule has 0 aliphatic heterocycles. The third-order valence-electron chi connectivity index (χ3n) is 3.21. The molecule has 1 aromatic heterocycles. The average Bonchev–Trinajstić information content (AvgIpc) is 2.91. The maximum absolute atomic E-state index is 11.3. The van der Waals surface area contributed by atoms with Crippen LogP contribution in [-0.4, -0.2) is 22.9 Å². The molecule has 0 fully saturated rings. The Kier molecular flexibility index (Phi) is 4.53. The summed E-state index contributed by atoms with van der Waals surface area (Å²) in [6, 6.07) is 7.63. The van der Waals surface area contributed by atoms with Crippen molar-refractivity contribution in [1.29, 1.82) is 0 Å². The lowest BCUT2D eigenvalue weighted by Crippen LogP contribution is -2.17. The standard InChI is InChI=1S/C15H19N3O2/c1-11(14-9-17-18(2)10-14)16-8-12-4-6-13(7-5-12)15(19)20-3/h4-7,9-11,16H,8H2,1-3H3/t11-/m0/s1. The highest BCUT2D eigenvalue weighted by Gasteiger charge is 2.08. The molecule has 5 heteroatoms. The normalized spacial score (nSPS) is 12.2. The molecule has 0 radical (unpaired) electrons. The highest BCUT2D eigenvalue weighted by Crippen LogP contribution is 2.12. The SMILES string of the molecule is COC(=O)c1ccc(CN[C@@H](C)c2cnn(C)c2)cc1. The van der Waals surface area contributed by atoms with E-state index in [0.29, 0.717) is 5.56 Å². The van der Waals surface area contributed by atoms with Crippen LogP contribution in [0.2, 0.25) is 0 Å². The van der Waals surface area contributed by atoms with E-state index in [9.17, 15) is 4.79 Å². The molecule has 2 aromatic rings. The minimum absolute atomic E-state index is 0.226. The van der Waals surface area contributed by atoms with Gasteiger partial charge in [-0.05, 0) is 24.6 Å². The monoisotopic (exact) mass is 273 g/mol. The molecule has 0 unspecified atom stereocenters. The number of methoxy groups -OCH3 is 1. The second-order valence-corrected chi connectivity index (χ2v) is 4.74. The molecule has 0 aliphatic carbocycles. The second-order valence-electron chi connectivity index (χ2n) is 4.74. The number of aryl methyl sites for hydroxylation is 1. The fraction of sp³-hybridized carbons (Fsp3) is 0.333. The first-order valence-corrected chi connectivity index (χ1v) is 6.49. The van der Waals surface area contributed by atoms with Crippen LogP contribution >= 0.6 is 0 Å². The molecule has 5 nitrogen and oxygen atoms in total. The molecule has 2 rings (SSSR count). The van der Waals surface area contributed by atoms with Crippen molar-refractivity contribution in [3.63, 3.8) is 0 Å². The van der Waals surface area contributed by atoms with Crippen molar-refractivity contribution in [2.45, 2.75) is 19.5 Å². The van der Waals surface area contributed by atoms with Gasteiger partial charge in [-0.3, -0.25) is 4.68 Å². The van der Waals surface area contributed by atoms with Crippen molar-refractivity contribution in [2.75, 3.05) is 7.11 Å². The van der Waals surface area contributed by atoms with E-state index < -0.39 is 0 Å². The van der Waals surface area contributed by atoms with Crippen LogP contribution in [0.25, 0.3) is 0 Å². The van der Waals surface area contributed by atoms with Gasteiger partial charge in [0.05, 0.1) is 18.9 Å². The van der Waals surface area contributed by atoms with Crippen LogP contribution in [0.15, 0.2) is 36.7 Å². The first-order valence-electron chi connectivity index (χ1n) is 6.49. The van der Waals surface area contributed by atoms with Gasteiger partial charge in [0.25, 0.3) is 0 Å². The van der Waals surface area contributed by atoms with Gasteiger partial charge in [0, 0.05) is 31.4 Å². The topological polar surface area (TPSA) is 56.1 Å². The van der Waals surface area contributed by atoms with Gasteiger partial charge in [-0.15, -0.1) is 0 Å². The molecule has 0 spiro atoms. The van der Waals surface area contributed by atoms with E-state index in [2.05, 4.69) is 22.1 Å². The van der Waals surface area contributed by atoms with E-state index in [1.807, 2.05) is 31.6 Å². The van der Waals surface area contributed by atoms with E-state index in [0.717, 1.165) is 17.7 Å². The molecule has 20 heavy (non-hydrogen) atoms. The number of rotatable bonds is 5. The van der Waals surface area contributed by atoms with Gasteiger partial charge in [-0.2, -0.15) is 5.10 Å². The van der Waals surface area contributed by atoms with Crippen LogP contribution in [0.5, 0.6) is 0 Å². The molecule has 0 bridgehead atoms. The van der Waals surface area contributed by atoms with Gasteiger partial charge in [-0.1, -0.05) is 12.1 Å². The Morgan fingerprint density at radius 1 is 1.40 bits per heavy atom. The number of nitrogens with zero attached hydrogens (tertiary/aromatic N) is 2. The number of ether oxygens (including phenoxy) is 1. The fourth-order valence-corrected chi connectivity index (χ4v) is 1.93. The summed E-state index contributed by atoms with van der Waals surface area (Å²) in [6.45, 7) is 2.83. The molecule has 1 N–H and O–H groups in total. The van der Waals surface area contributed by atoms with E-state index >= 15 is 0 Å². The van der Waals surface area contributed by atoms with Gasteiger partial charge in [0.15, 0.2) is 0 Å². The number of hydrogen-bond acceptors (Lipinski definition) is 4. The maximum Gasteiger partial charge on any atom is 0.337 e. The largest absolute Gasteiger partial charge is 0.465 e. The summed E-state index contributed by atoms with van der Waals surface area (Å²) < 4.78 is 6.46. The molecule has 0 saturated carbocycles. The van der Waals surface area contributed by atoms with Gasteiger partial charge in [0.1, 0.15) is 0 Å². The molecular formula is C15H19N3O2. The van der Waals surface area contributed by atoms with Crippen molar-refractivity contribution in [3.05, 3.63) is 53.3 Å². The number of aromatic nitrogens is 2. The first-order chi connectivity index (χ1) is 9.60. The minimum Gasteiger partial charge on any atom is -0.465 e. The Morgan fingerprint density at radius 2 is 2.10 bits per heavy atom. The van der Waals surface area contributed by atoms with Gasteiger partial charge < -0.3 is 10.1 Å². The van der Waals surface area contributed by atoms with Gasteiger partial charge in [0.2, 0.25) is 0 Å². The summed E-state index contributed by atoms with van der Waals surface area (Å²) in [5.41, 5.74) is 2.84. The number of carbonyl (C=O) groups excluding carboxylic acids is 1. The van der Waals surface area contributed by atoms with Crippen molar-refractivity contribution in [3.8, 4) is 0 Å². The number of esters is 1. The molecule has 1 aromatic carbocycles. The lowest BCUT2D eigenvalue weighted by atomic mass is 10.1. The van der Waals surface area contributed by atoms with Crippen LogP contribution in [-0.2, 0) is 18.3 Å². The Balaban J connectivity index is 1.92. The van der Waals surface area contributed by atoms with Crippen LogP contribution in [0, 0.1) is 0 Å². The number of carbonyl (C=O) groups is 1. The summed E-state index contributed by atoms with van der Waals surface area (Å²) in [5, 5.41) is 7.58. The zero-order valence-electron chi connectivity index (χ0n) is 12.0.